The van der Waals surface area contributed by atoms with Gasteiger partial charge in [0.25, 0.3) is 0 Å². The number of hydrogen-bond acceptors (Lipinski definition) is 6. The first kappa shape index (κ1) is 21.6. The van der Waals surface area contributed by atoms with Crippen molar-refractivity contribution < 1.29 is 27.9 Å². The fraction of sp³-hybridized carbons (Fsp3) is 0.200. The normalized spacial score (nSPS) is 11.3. The van der Waals surface area contributed by atoms with Crippen LogP contribution in [0.3, 0.4) is 0 Å². The lowest BCUT2D eigenvalue weighted by atomic mass is 10.1. The van der Waals surface area contributed by atoms with E-state index in [-0.39, 0.29) is 12.4 Å². The lowest BCUT2D eigenvalue weighted by Gasteiger charge is -2.11. The second kappa shape index (κ2) is 8.72. The molecule has 10 heteroatoms. The third kappa shape index (κ3) is 4.71. The summed E-state index contributed by atoms with van der Waals surface area (Å²) in [5.74, 6) is 0.633. The largest absolute Gasteiger partial charge is 0.496 e. The molecule has 0 saturated carbocycles. The minimum Gasteiger partial charge on any atom is -0.496 e. The maximum Gasteiger partial charge on any atom is 0.416 e. The number of thiazole rings is 1. The summed E-state index contributed by atoms with van der Waals surface area (Å²) in [5.41, 5.74) is 2.75. The van der Waals surface area contributed by atoms with E-state index in [0.29, 0.717) is 27.6 Å². The summed E-state index contributed by atoms with van der Waals surface area (Å²) in [6.07, 6.45) is -4.38. The van der Waals surface area contributed by atoms with E-state index >= 15 is 0 Å². The maximum absolute atomic E-state index is 12.7. The quantitative estimate of drug-likeness (QED) is 0.286. The van der Waals surface area contributed by atoms with Crippen molar-refractivity contribution in [1.82, 2.24) is 10.5 Å². The summed E-state index contributed by atoms with van der Waals surface area (Å²) in [7, 11) is 1.44. The highest BCUT2D eigenvalue weighted by molar-refractivity contribution is 7.15. The van der Waals surface area contributed by atoms with Crippen molar-refractivity contribution in [1.29, 1.82) is 5.41 Å². The van der Waals surface area contributed by atoms with Gasteiger partial charge in [0.1, 0.15) is 23.1 Å². The first-order valence-corrected chi connectivity index (χ1v) is 9.48. The minimum atomic E-state index is -4.38. The molecule has 6 nitrogen and oxygen atoms in total. The molecule has 0 aliphatic carbocycles. The van der Waals surface area contributed by atoms with Gasteiger partial charge in [-0.15, -0.1) is 11.3 Å². The molecule has 3 N–H and O–H groups in total. The molecule has 0 atom stereocenters. The molecule has 0 unspecified atom stereocenters. The highest BCUT2D eigenvalue weighted by atomic mass is 32.1. The van der Waals surface area contributed by atoms with E-state index in [1.54, 1.807) is 30.6 Å². The van der Waals surface area contributed by atoms with Crippen LogP contribution >= 0.6 is 11.3 Å². The Bertz CT molecular complexity index is 1050. The summed E-state index contributed by atoms with van der Waals surface area (Å²) < 4.78 is 49.2. The molecule has 0 spiro atoms. The van der Waals surface area contributed by atoms with Gasteiger partial charge in [-0.1, -0.05) is 12.1 Å². The number of aryl methyl sites for hydroxylation is 1. The fourth-order valence-electron chi connectivity index (χ4n) is 2.66. The topological polar surface area (TPSA) is 87.5 Å². The van der Waals surface area contributed by atoms with Crippen LogP contribution in [0.4, 0.5) is 13.2 Å². The average molecular weight is 437 g/mol. The predicted octanol–water partition coefficient (Wildman–Crippen LogP) is 5.03. The number of ether oxygens (including phenoxy) is 2. The molecule has 3 aromatic rings. The zero-order chi connectivity index (χ0) is 21.9. The van der Waals surface area contributed by atoms with E-state index in [2.05, 4.69) is 4.98 Å². The number of amidine groups is 1. The summed E-state index contributed by atoms with van der Waals surface area (Å²) >= 11 is 1.34. The first-order valence-electron chi connectivity index (χ1n) is 8.66. The van der Waals surface area contributed by atoms with E-state index in [0.717, 1.165) is 22.7 Å². The van der Waals surface area contributed by atoms with Gasteiger partial charge < -0.3 is 9.47 Å². The fourth-order valence-corrected chi connectivity index (χ4v) is 3.65. The third-order valence-electron chi connectivity index (χ3n) is 4.28. The molecule has 3 rings (SSSR count). The Labute approximate surface area is 174 Å². The van der Waals surface area contributed by atoms with Crippen molar-refractivity contribution in [3.05, 3.63) is 64.2 Å². The SMILES string of the molecule is COc1cc(OCc2sc(-c3ccc(C(F)(F)F)cc3)nc2C)ccc1C(=N)NO. The molecule has 0 saturated heterocycles. The molecule has 1 aromatic heterocycles. The van der Waals surface area contributed by atoms with Gasteiger partial charge in [0, 0.05) is 11.6 Å². The molecule has 0 aliphatic rings. The average Bonchev–Trinajstić information content (AvgIpc) is 3.11. The Morgan fingerprint density at radius 2 is 1.90 bits per heavy atom. The molecule has 30 heavy (non-hydrogen) atoms. The lowest BCUT2D eigenvalue weighted by molar-refractivity contribution is -0.137. The van der Waals surface area contributed by atoms with Crippen LogP contribution in [0.2, 0.25) is 0 Å². The number of halogens is 3. The van der Waals surface area contributed by atoms with E-state index in [1.165, 1.54) is 30.6 Å². The van der Waals surface area contributed by atoms with Gasteiger partial charge in [0.05, 0.1) is 28.8 Å². The van der Waals surface area contributed by atoms with Gasteiger partial charge in [-0.2, -0.15) is 13.2 Å². The lowest BCUT2D eigenvalue weighted by Crippen LogP contribution is -2.19. The zero-order valence-electron chi connectivity index (χ0n) is 16.0. The van der Waals surface area contributed by atoms with Crippen molar-refractivity contribution in [3.63, 3.8) is 0 Å². The van der Waals surface area contributed by atoms with Crippen LogP contribution in [0.25, 0.3) is 10.6 Å². The van der Waals surface area contributed by atoms with Crippen molar-refractivity contribution in [2.45, 2.75) is 19.7 Å². The van der Waals surface area contributed by atoms with Gasteiger partial charge in [0.15, 0.2) is 5.84 Å². The summed E-state index contributed by atoms with van der Waals surface area (Å²) in [5, 5.41) is 17.1. The van der Waals surface area contributed by atoms with E-state index in [4.69, 9.17) is 20.1 Å². The highest BCUT2D eigenvalue weighted by Gasteiger charge is 2.30. The van der Waals surface area contributed by atoms with Crippen LogP contribution < -0.4 is 15.0 Å². The van der Waals surface area contributed by atoms with Gasteiger partial charge >= 0.3 is 6.18 Å². The van der Waals surface area contributed by atoms with Crippen molar-refractivity contribution >= 4 is 17.2 Å². The number of alkyl halides is 3. The van der Waals surface area contributed by atoms with Gasteiger partial charge in [0.2, 0.25) is 0 Å². The van der Waals surface area contributed by atoms with Crippen LogP contribution in [0.1, 0.15) is 21.7 Å². The van der Waals surface area contributed by atoms with Crippen molar-refractivity contribution in [3.8, 4) is 22.1 Å². The monoisotopic (exact) mass is 437 g/mol. The predicted molar refractivity (Wildman–Crippen MR) is 106 cm³/mol. The Morgan fingerprint density at radius 1 is 1.20 bits per heavy atom. The number of methoxy groups -OCH3 is 1. The summed E-state index contributed by atoms with van der Waals surface area (Å²) in [6, 6.07) is 9.68. The first-order chi connectivity index (χ1) is 14.2. The Balaban J connectivity index is 1.74. The van der Waals surface area contributed by atoms with Crippen LogP contribution in [0, 0.1) is 12.3 Å². The van der Waals surface area contributed by atoms with E-state index in [1.807, 2.05) is 0 Å². The number of benzene rings is 2. The Kier molecular flexibility index (Phi) is 6.28. The standard InChI is InChI=1S/C20H18F3N3O3S/c1-11-17(10-29-14-7-8-15(18(24)26-27)16(9-14)28-2)30-19(25-11)12-3-5-13(6-4-12)20(21,22)23/h3-9,27H,10H2,1-2H3,(H2,24,26). The molecule has 0 fully saturated rings. The van der Waals surface area contributed by atoms with E-state index < -0.39 is 11.7 Å². The Hall–Kier alpha value is -3.11. The number of hydrogen-bond donors (Lipinski definition) is 3. The molecule has 1 heterocycles. The number of nitrogens with zero attached hydrogens (tertiary/aromatic N) is 1. The van der Waals surface area contributed by atoms with Gasteiger partial charge in [-0.3, -0.25) is 16.1 Å². The molecule has 158 valence electrons. The van der Waals surface area contributed by atoms with Crippen LogP contribution in [0.15, 0.2) is 42.5 Å². The smallest absolute Gasteiger partial charge is 0.416 e. The maximum atomic E-state index is 12.7. The molecular formula is C20H18F3N3O3S. The number of nitrogens with one attached hydrogen (secondary N) is 2. The highest BCUT2D eigenvalue weighted by Crippen LogP contribution is 2.33. The second-order valence-electron chi connectivity index (χ2n) is 6.24. The molecule has 2 aromatic carbocycles. The van der Waals surface area contributed by atoms with Crippen molar-refractivity contribution in [2.24, 2.45) is 0 Å². The number of rotatable bonds is 6. The number of aromatic nitrogens is 1. The third-order valence-corrected chi connectivity index (χ3v) is 5.46. The zero-order valence-corrected chi connectivity index (χ0v) is 16.8. The minimum absolute atomic E-state index is 0.210. The van der Waals surface area contributed by atoms with Crippen molar-refractivity contribution in [2.75, 3.05) is 7.11 Å². The van der Waals surface area contributed by atoms with Crippen LogP contribution in [-0.2, 0) is 12.8 Å². The van der Waals surface area contributed by atoms with Gasteiger partial charge in [-0.25, -0.2) is 4.98 Å². The van der Waals surface area contributed by atoms with Crippen LogP contribution in [-0.4, -0.2) is 23.1 Å². The second-order valence-corrected chi connectivity index (χ2v) is 7.32. The van der Waals surface area contributed by atoms with E-state index in [9.17, 15) is 13.2 Å². The molecule has 0 amide bonds. The summed E-state index contributed by atoms with van der Waals surface area (Å²) in [6.45, 7) is 2.02. The molecule has 0 bridgehead atoms. The summed E-state index contributed by atoms with van der Waals surface area (Å²) in [4.78, 5) is 5.27. The molecular weight excluding hydrogens is 419 g/mol. The Morgan fingerprint density at radius 3 is 2.50 bits per heavy atom. The number of hydroxylamine groups is 1. The molecule has 0 aliphatic heterocycles. The molecule has 0 radical (unpaired) electrons. The van der Waals surface area contributed by atoms with Crippen LogP contribution in [0.5, 0.6) is 11.5 Å². The van der Waals surface area contributed by atoms with Gasteiger partial charge in [-0.05, 0) is 31.2 Å².